The summed E-state index contributed by atoms with van der Waals surface area (Å²) in [6, 6.07) is 6.44. The molecule has 4 rings (SSSR count). The lowest BCUT2D eigenvalue weighted by molar-refractivity contribution is 0.0707. The van der Waals surface area contributed by atoms with Crippen molar-refractivity contribution in [2.75, 3.05) is 20.1 Å². The normalized spacial score (nSPS) is 19.0. The minimum atomic E-state index is -0.0543. The summed E-state index contributed by atoms with van der Waals surface area (Å²) in [4.78, 5) is 30.0. The number of amides is 1. The highest BCUT2D eigenvalue weighted by Crippen LogP contribution is 2.30. The quantitative estimate of drug-likeness (QED) is 0.862. The van der Waals surface area contributed by atoms with Crippen LogP contribution in [0.15, 0.2) is 23.0 Å². The molecule has 6 nitrogen and oxygen atoms in total. The van der Waals surface area contributed by atoms with Gasteiger partial charge in [0.25, 0.3) is 5.91 Å². The molecular weight excluding hydrogens is 352 g/mol. The molecule has 1 saturated carbocycles. The van der Waals surface area contributed by atoms with Gasteiger partial charge in [0.15, 0.2) is 0 Å². The van der Waals surface area contributed by atoms with Gasteiger partial charge in [0.1, 0.15) is 0 Å². The first kappa shape index (κ1) is 19.0. The molecule has 0 bridgehead atoms. The van der Waals surface area contributed by atoms with Crippen LogP contribution in [0.5, 0.6) is 0 Å². The van der Waals surface area contributed by atoms with Gasteiger partial charge >= 0.3 is 5.69 Å². The van der Waals surface area contributed by atoms with Crippen molar-refractivity contribution in [3.05, 3.63) is 34.2 Å². The average Bonchev–Trinajstić information content (AvgIpc) is 3.27. The van der Waals surface area contributed by atoms with E-state index < -0.39 is 0 Å². The van der Waals surface area contributed by atoms with Crippen molar-refractivity contribution in [2.45, 2.75) is 50.6 Å². The van der Waals surface area contributed by atoms with Crippen molar-refractivity contribution >= 4 is 29.3 Å². The molecule has 2 N–H and O–H groups in total. The monoisotopic (exact) mass is 378 g/mol. The van der Waals surface area contributed by atoms with E-state index in [2.05, 4.69) is 10.3 Å². The summed E-state index contributed by atoms with van der Waals surface area (Å²) in [6.45, 7) is 1.56. The third-order valence-electron chi connectivity index (χ3n) is 5.84. The van der Waals surface area contributed by atoms with E-state index in [-0.39, 0.29) is 24.0 Å². The van der Waals surface area contributed by atoms with Gasteiger partial charge in [-0.1, -0.05) is 12.8 Å². The molecule has 1 aliphatic carbocycles. The van der Waals surface area contributed by atoms with Crippen molar-refractivity contribution in [3.8, 4) is 0 Å². The Hall–Kier alpha value is -1.79. The molecule has 2 heterocycles. The molecule has 1 saturated heterocycles. The Bertz CT molecular complexity index is 830. The van der Waals surface area contributed by atoms with Crippen LogP contribution in [0.25, 0.3) is 11.0 Å². The van der Waals surface area contributed by atoms with Gasteiger partial charge in [-0.25, -0.2) is 4.79 Å². The molecular formula is C19H27ClN4O2. The lowest BCUT2D eigenvalue weighted by Gasteiger charge is -2.31. The number of nitrogens with zero attached hydrogens (tertiary/aromatic N) is 2. The number of piperidine rings is 1. The number of carbonyl (C=O) groups excluding carboxylic acids is 1. The highest BCUT2D eigenvalue weighted by Gasteiger charge is 2.24. The van der Waals surface area contributed by atoms with Gasteiger partial charge in [0.05, 0.1) is 11.0 Å². The molecule has 1 aromatic carbocycles. The molecule has 0 atom stereocenters. The van der Waals surface area contributed by atoms with Gasteiger partial charge in [-0.3, -0.25) is 9.36 Å². The molecule has 142 valence electrons. The van der Waals surface area contributed by atoms with Crippen LogP contribution in [0.4, 0.5) is 0 Å². The largest absolute Gasteiger partial charge is 0.339 e. The fourth-order valence-electron chi connectivity index (χ4n) is 4.34. The van der Waals surface area contributed by atoms with Gasteiger partial charge < -0.3 is 15.2 Å². The Kier molecular flexibility index (Phi) is 5.73. The first-order valence-electron chi connectivity index (χ1n) is 9.38. The highest BCUT2D eigenvalue weighted by molar-refractivity contribution is 5.97. The summed E-state index contributed by atoms with van der Waals surface area (Å²) in [6.07, 6.45) is 6.46. The molecule has 7 heteroatoms. The summed E-state index contributed by atoms with van der Waals surface area (Å²) in [5.41, 5.74) is 2.30. The van der Waals surface area contributed by atoms with Crippen LogP contribution in [-0.4, -0.2) is 46.5 Å². The molecule has 2 aromatic rings. The van der Waals surface area contributed by atoms with Crippen molar-refractivity contribution in [3.63, 3.8) is 0 Å². The highest BCUT2D eigenvalue weighted by atomic mass is 35.5. The number of carbonyl (C=O) groups is 1. The van der Waals surface area contributed by atoms with Gasteiger partial charge in [0, 0.05) is 30.7 Å². The van der Waals surface area contributed by atoms with Gasteiger partial charge in [-0.2, -0.15) is 0 Å². The summed E-state index contributed by atoms with van der Waals surface area (Å²) >= 11 is 0. The van der Waals surface area contributed by atoms with E-state index in [4.69, 9.17) is 0 Å². The predicted octanol–water partition coefficient (Wildman–Crippen LogP) is 2.69. The lowest BCUT2D eigenvalue weighted by atomic mass is 10.0. The molecule has 1 aliphatic heterocycles. The smallest absolute Gasteiger partial charge is 0.326 e. The van der Waals surface area contributed by atoms with E-state index in [0.29, 0.717) is 17.6 Å². The molecule has 2 fully saturated rings. The van der Waals surface area contributed by atoms with Crippen LogP contribution in [0, 0.1) is 0 Å². The number of halogens is 1. The number of hydrogen-bond acceptors (Lipinski definition) is 3. The van der Waals surface area contributed by atoms with Crippen molar-refractivity contribution in [2.24, 2.45) is 0 Å². The maximum absolute atomic E-state index is 12.8. The SMILES string of the molecule is CNC1CCN(C(=O)c2ccc3c(c2)[nH]c(=O)n3C2CCCC2)CC1.Cl. The van der Waals surface area contributed by atoms with Crippen molar-refractivity contribution in [1.82, 2.24) is 19.8 Å². The van der Waals surface area contributed by atoms with Crippen LogP contribution in [-0.2, 0) is 0 Å². The minimum absolute atomic E-state index is 0. The Morgan fingerprint density at radius 3 is 2.50 bits per heavy atom. The Morgan fingerprint density at radius 1 is 1.15 bits per heavy atom. The number of likely N-dealkylation sites (tertiary alicyclic amines) is 1. The first-order chi connectivity index (χ1) is 12.2. The standard InChI is InChI=1S/C19H26N4O2.ClH/c1-20-14-8-10-22(11-9-14)18(24)13-6-7-17-16(12-13)21-19(25)23(17)15-4-2-3-5-15;/h6-7,12,14-15,20H,2-5,8-11H2,1H3,(H,21,25);1H. The zero-order chi connectivity index (χ0) is 17.4. The predicted molar refractivity (Wildman–Crippen MR) is 105 cm³/mol. The van der Waals surface area contributed by atoms with E-state index in [1.807, 2.05) is 34.7 Å². The van der Waals surface area contributed by atoms with Gasteiger partial charge in [0.2, 0.25) is 0 Å². The molecule has 26 heavy (non-hydrogen) atoms. The second kappa shape index (κ2) is 7.84. The summed E-state index contributed by atoms with van der Waals surface area (Å²) in [5, 5.41) is 3.28. The zero-order valence-corrected chi connectivity index (χ0v) is 16.0. The van der Waals surface area contributed by atoms with Gasteiger partial charge in [-0.05, 0) is 50.9 Å². The number of nitrogens with one attached hydrogen (secondary N) is 2. The number of imidazole rings is 1. The molecule has 0 spiro atoms. The van der Waals surface area contributed by atoms with Crippen LogP contribution in [0.1, 0.15) is 54.9 Å². The molecule has 1 amide bonds. The van der Waals surface area contributed by atoms with Gasteiger partial charge in [-0.15, -0.1) is 12.4 Å². The number of hydrogen-bond donors (Lipinski definition) is 2. The topological polar surface area (TPSA) is 70.1 Å². The maximum Gasteiger partial charge on any atom is 0.326 e. The van der Waals surface area contributed by atoms with Crippen LogP contribution < -0.4 is 11.0 Å². The van der Waals surface area contributed by atoms with Crippen molar-refractivity contribution in [1.29, 1.82) is 0 Å². The molecule has 0 radical (unpaired) electrons. The minimum Gasteiger partial charge on any atom is -0.339 e. The second-order valence-electron chi connectivity index (χ2n) is 7.33. The fourth-order valence-corrected chi connectivity index (χ4v) is 4.34. The number of rotatable bonds is 3. The maximum atomic E-state index is 12.8. The first-order valence-corrected chi connectivity index (χ1v) is 9.38. The lowest BCUT2D eigenvalue weighted by Crippen LogP contribution is -2.43. The molecule has 1 aromatic heterocycles. The van der Waals surface area contributed by atoms with E-state index in [0.717, 1.165) is 49.8 Å². The molecule has 0 unspecified atom stereocenters. The number of aromatic nitrogens is 2. The number of aromatic amines is 1. The summed E-state index contributed by atoms with van der Waals surface area (Å²) in [7, 11) is 1.97. The van der Waals surface area contributed by atoms with E-state index in [1.165, 1.54) is 12.8 Å². The molecule has 2 aliphatic rings. The fraction of sp³-hybridized carbons (Fsp3) is 0.579. The van der Waals surface area contributed by atoms with E-state index >= 15 is 0 Å². The Labute approximate surface area is 159 Å². The van der Waals surface area contributed by atoms with Crippen LogP contribution >= 0.6 is 12.4 Å². The summed E-state index contributed by atoms with van der Waals surface area (Å²) in [5.74, 6) is 0.0610. The average molecular weight is 379 g/mol. The number of H-pyrrole nitrogens is 1. The number of fused-ring (bicyclic) bond motifs is 1. The third-order valence-corrected chi connectivity index (χ3v) is 5.84. The van der Waals surface area contributed by atoms with Crippen molar-refractivity contribution < 1.29 is 4.79 Å². The Balaban J connectivity index is 0.00000196. The Morgan fingerprint density at radius 2 is 1.85 bits per heavy atom. The zero-order valence-electron chi connectivity index (χ0n) is 15.2. The third kappa shape index (κ3) is 3.40. The van der Waals surface area contributed by atoms with Crippen LogP contribution in [0.2, 0.25) is 0 Å². The van der Waals surface area contributed by atoms with E-state index in [9.17, 15) is 9.59 Å². The second-order valence-corrected chi connectivity index (χ2v) is 7.33. The van der Waals surface area contributed by atoms with Crippen LogP contribution in [0.3, 0.4) is 0 Å². The number of benzene rings is 1. The summed E-state index contributed by atoms with van der Waals surface area (Å²) < 4.78 is 1.88. The van der Waals surface area contributed by atoms with E-state index in [1.54, 1.807) is 0 Å².